The molecule has 118 valence electrons. The minimum absolute atomic E-state index is 0.198. The summed E-state index contributed by atoms with van der Waals surface area (Å²) in [5.41, 5.74) is 0.267. The zero-order chi connectivity index (χ0) is 15.6. The van der Waals surface area contributed by atoms with Crippen LogP contribution in [0, 0.1) is 0 Å². The van der Waals surface area contributed by atoms with E-state index in [1.54, 1.807) is 0 Å². The smallest absolute Gasteiger partial charge is 0.315 e. The van der Waals surface area contributed by atoms with Gasteiger partial charge in [0, 0.05) is 12.1 Å². The number of benzene rings is 1. The molecule has 1 aliphatic rings. The molecule has 0 bridgehead atoms. The summed E-state index contributed by atoms with van der Waals surface area (Å²) >= 11 is 0. The van der Waals surface area contributed by atoms with Crippen molar-refractivity contribution in [3.8, 4) is 0 Å². The SMILES string of the molecule is CN[C@H]1CC[C@H](c2cccc(C(F)(F)F)c2)C[C@@H]1N(C)C. The summed E-state index contributed by atoms with van der Waals surface area (Å²) < 4.78 is 38.5. The zero-order valence-electron chi connectivity index (χ0n) is 12.7. The first kappa shape index (κ1) is 16.3. The average molecular weight is 300 g/mol. The zero-order valence-corrected chi connectivity index (χ0v) is 12.7. The van der Waals surface area contributed by atoms with Crippen molar-refractivity contribution in [1.29, 1.82) is 0 Å². The fourth-order valence-electron chi connectivity index (χ4n) is 3.33. The molecule has 0 heterocycles. The summed E-state index contributed by atoms with van der Waals surface area (Å²) in [6, 6.07) is 6.56. The Morgan fingerprint density at radius 3 is 2.48 bits per heavy atom. The van der Waals surface area contributed by atoms with Crippen molar-refractivity contribution in [3.63, 3.8) is 0 Å². The molecular weight excluding hydrogens is 277 g/mol. The van der Waals surface area contributed by atoms with Gasteiger partial charge in [-0.1, -0.05) is 18.2 Å². The van der Waals surface area contributed by atoms with E-state index in [4.69, 9.17) is 0 Å². The van der Waals surface area contributed by atoms with E-state index in [2.05, 4.69) is 10.2 Å². The summed E-state index contributed by atoms with van der Waals surface area (Å²) in [4.78, 5) is 2.17. The second-order valence-electron chi connectivity index (χ2n) is 6.06. The fourth-order valence-corrected chi connectivity index (χ4v) is 3.33. The highest BCUT2D eigenvalue weighted by molar-refractivity contribution is 5.29. The lowest BCUT2D eigenvalue weighted by molar-refractivity contribution is -0.137. The molecule has 2 rings (SSSR count). The Bertz CT molecular complexity index is 471. The molecule has 0 amide bonds. The van der Waals surface area contributed by atoms with Gasteiger partial charge in [0.1, 0.15) is 0 Å². The van der Waals surface area contributed by atoms with Gasteiger partial charge in [-0.2, -0.15) is 13.2 Å². The van der Waals surface area contributed by atoms with Crippen molar-refractivity contribution in [2.75, 3.05) is 21.1 Å². The van der Waals surface area contributed by atoms with Crippen LogP contribution in [0.2, 0.25) is 0 Å². The van der Waals surface area contributed by atoms with Gasteiger partial charge in [-0.3, -0.25) is 0 Å². The van der Waals surface area contributed by atoms with Crippen LogP contribution in [0.4, 0.5) is 13.2 Å². The van der Waals surface area contributed by atoms with Crippen LogP contribution in [0.3, 0.4) is 0 Å². The standard InChI is InChI=1S/C16H23F3N2/c1-20-14-8-7-12(10-15(14)21(2)3)11-5-4-6-13(9-11)16(17,18)19/h4-6,9,12,14-15,20H,7-8,10H2,1-3H3/t12-,14-,15-/m0/s1. The second kappa shape index (κ2) is 6.36. The maximum atomic E-state index is 12.8. The van der Waals surface area contributed by atoms with Crippen molar-refractivity contribution in [2.45, 2.75) is 43.4 Å². The molecule has 2 nitrogen and oxygen atoms in total. The third-order valence-corrected chi connectivity index (χ3v) is 4.54. The van der Waals surface area contributed by atoms with Gasteiger partial charge in [0.2, 0.25) is 0 Å². The van der Waals surface area contributed by atoms with E-state index in [0.717, 1.165) is 30.9 Å². The number of nitrogens with one attached hydrogen (secondary N) is 1. The molecule has 21 heavy (non-hydrogen) atoms. The third kappa shape index (κ3) is 3.77. The lowest BCUT2D eigenvalue weighted by atomic mass is 9.78. The van der Waals surface area contributed by atoms with Crippen LogP contribution in [0.5, 0.6) is 0 Å². The fraction of sp³-hybridized carbons (Fsp3) is 0.625. The molecule has 0 saturated heterocycles. The molecule has 1 aliphatic carbocycles. The average Bonchev–Trinajstić information content (AvgIpc) is 2.45. The van der Waals surface area contributed by atoms with E-state index in [9.17, 15) is 13.2 Å². The number of alkyl halides is 3. The van der Waals surface area contributed by atoms with Crippen LogP contribution in [0.15, 0.2) is 24.3 Å². The van der Waals surface area contributed by atoms with E-state index < -0.39 is 11.7 Å². The van der Waals surface area contributed by atoms with Crippen molar-refractivity contribution >= 4 is 0 Å². The first-order chi connectivity index (χ1) is 9.82. The normalized spacial score (nSPS) is 27.1. The summed E-state index contributed by atoms with van der Waals surface area (Å²) in [6.07, 6.45) is -1.46. The van der Waals surface area contributed by atoms with Crippen molar-refractivity contribution in [1.82, 2.24) is 10.2 Å². The first-order valence-electron chi connectivity index (χ1n) is 7.33. The summed E-state index contributed by atoms with van der Waals surface area (Å²) in [5, 5.41) is 3.32. The molecule has 0 radical (unpaired) electrons. The predicted octanol–water partition coefficient (Wildman–Crippen LogP) is 3.49. The first-order valence-corrected chi connectivity index (χ1v) is 7.33. The van der Waals surface area contributed by atoms with E-state index >= 15 is 0 Å². The molecule has 0 spiro atoms. The molecule has 0 aromatic heterocycles. The van der Waals surface area contributed by atoms with Gasteiger partial charge >= 0.3 is 6.18 Å². The van der Waals surface area contributed by atoms with Gasteiger partial charge in [0.25, 0.3) is 0 Å². The van der Waals surface area contributed by atoms with Gasteiger partial charge in [0.05, 0.1) is 5.56 Å². The molecule has 3 atom stereocenters. The molecule has 1 fully saturated rings. The Hall–Kier alpha value is -1.07. The molecule has 1 saturated carbocycles. The lowest BCUT2D eigenvalue weighted by Crippen LogP contribution is -2.49. The summed E-state index contributed by atoms with van der Waals surface area (Å²) in [5.74, 6) is 0.198. The Balaban J connectivity index is 2.19. The summed E-state index contributed by atoms with van der Waals surface area (Å²) in [6.45, 7) is 0. The van der Waals surface area contributed by atoms with E-state index in [0.29, 0.717) is 12.1 Å². The maximum Gasteiger partial charge on any atom is 0.416 e. The van der Waals surface area contributed by atoms with Gasteiger partial charge < -0.3 is 10.2 Å². The Labute approximate surface area is 124 Å². The number of likely N-dealkylation sites (N-methyl/N-ethyl adjacent to an activating group) is 2. The monoisotopic (exact) mass is 300 g/mol. The largest absolute Gasteiger partial charge is 0.416 e. The van der Waals surface area contributed by atoms with Crippen LogP contribution >= 0.6 is 0 Å². The van der Waals surface area contributed by atoms with Crippen molar-refractivity contribution in [3.05, 3.63) is 35.4 Å². The molecule has 1 N–H and O–H groups in total. The number of nitrogens with zero attached hydrogens (tertiary/aromatic N) is 1. The Morgan fingerprint density at radius 2 is 1.90 bits per heavy atom. The Morgan fingerprint density at radius 1 is 1.19 bits per heavy atom. The topological polar surface area (TPSA) is 15.3 Å². The number of hydrogen-bond acceptors (Lipinski definition) is 2. The molecule has 1 aromatic carbocycles. The molecule has 0 aliphatic heterocycles. The van der Waals surface area contributed by atoms with Crippen LogP contribution < -0.4 is 5.32 Å². The van der Waals surface area contributed by atoms with Crippen LogP contribution in [-0.2, 0) is 6.18 Å². The third-order valence-electron chi connectivity index (χ3n) is 4.54. The van der Waals surface area contributed by atoms with Crippen molar-refractivity contribution < 1.29 is 13.2 Å². The maximum absolute atomic E-state index is 12.8. The van der Waals surface area contributed by atoms with Crippen molar-refractivity contribution in [2.24, 2.45) is 0 Å². The number of rotatable bonds is 3. The molecule has 1 aromatic rings. The van der Waals surface area contributed by atoms with Gasteiger partial charge in [0.15, 0.2) is 0 Å². The summed E-state index contributed by atoms with van der Waals surface area (Å²) in [7, 11) is 6.01. The Kier molecular flexibility index (Phi) is 4.94. The van der Waals surface area contributed by atoms with E-state index in [1.165, 1.54) is 12.1 Å². The van der Waals surface area contributed by atoms with Crippen LogP contribution in [0.25, 0.3) is 0 Å². The number of hydrogen-bond donors (Lipinski definition) is 1. The highest BCUT2D eigenvalue weighted by Gasteiger charge is 2.34. The predicted molar refractivity (Wildman–Crippen MR) is 78.4 cm³/mol. The number of halogens is 3. The van der Waals surface area contributed by atoms with Gasteiger partial charge in [-0.25, -0.2) is 0 Å². The molecular formula is C16H23F3N2. The second-order valence-corrected chi connectivity index (χ2v) is 6.06. The highest BCUT2D eigenvalue weighted by atomic mass is 19.4. The lowest BCUT2D eigenvalue weighted by Gasteiger charge is -2.40. The molecule has 0 unspecified atom stereocenters. The molecule has 5 heteroatoms. The highest BCUT2D eigenvalue weighted by Crippen LogP contribution is 2.37. The quantitative estimate of drug-likeness (QED) is 0.919. The van der Waals surface area contributed by atoms with Gasteiger partial charge in [-0.05, 0) is 58.0 Å². The minimum atomic E-state index is -4.26. The van der Waals surface area contributed by atoms with Crippen LogP contribution in [0.1, 0.15) is 36.3 Å². The van der Waals surface area contributed by atoms with E-state index in [1.807, 2.05) is 27.2 Å². The minimum Gasteiger partial charge on any atom is -0.315 e. The van der Waals surface area contributed by atoms with Gasteiger partial charge in [-0.15, -0.1) is 0 Å². The van der Waals surface area contributed by atoms with Crippen LogP contribution in [-0.4, -0.2) is 38.1 Å². The van der Waals surface area contributed by atoms with E-state index in [-0.39, 0.29) is 5.92 Å².